The van der Waals surface area contributed by atoms with E-state index in [1.54, 1.807) is 24.3 Å². The Balaban J connectivity index is 2.89. The second-order valence-corrected chi connectivity index (χ2v) is 2.74. The SMILES string of the molecule is CC(C)=NOc1ccccc1C#N. The van der Waals surface area contributed by atoms with Crippen molar-refractivity contribution in [2.24, 2.45) is 5.16 Å². The van der Waals surface area contributed by atoms with Gasteiger partial charge in [0, 0.05) is 0 Å². The first-order chi connectivity index (χ1) is 6.24. The van der Waals surface area contributed by atoms with Crippen LogP contribution in [0.3, 0.4) is 0 Å². The van der Waals surface area contributed by atoms with Crippen LogP contribution in [0.1, 0.15) is 19.4 Å². The molecular weight excluding hydrogens is 164 g/mol. The quantitative estimate of drug-likeness (QED) is 0.510. The normalized spacial score (nSPS) is 8.69. The summed E-state index contributed by atoms with van der Waals surface area (Å²) in [5.74, 6) is 0.492. The number of nitriles is 1. The summed E-state index contributed by atoms with van der Waals surface area (Å²) in [5, 5.41) is 12.5. The van der Waals surface area contributed by atoms with Crippen LogP contribution in [-0.2, 0) is 0 Å². The van der Waals surface area contributed by atoms with E-state index in [1.165, 1.54) is 0 Å². The van der Waals surface area contributed by atoms with E-state index in [9.17, 15) is 0 Å². The highest BCUT2D eigenvalue weighted by molar-refractivity contribution is 5.78. The highest BCUT2D eigenvalue weighted by Gasteiger charge is 2.00. The Morgan fingerprint density at radius 2 is 2.08 bits per heavy atom. The maximum atomic E-state index is 8.71. The topological polar surface area (TPSA) is 45.4 Å². The van der Waals surface area contributed by atoms with Crippen molar-refractivity contribution in [2.45, 2.75) is 13.8 Å². The van der Waals surface area contributed by atoms with Crippen LogP contribution in [0, 0.1) is 11.3 Å². The first kappa shape index (κ1) is 9.27. The zero-order chi connectivity index (χ0) is 9.68. The molecule has 0 saturated carbocycles. The molecule has 0 aromatic heterocycles. The first-order valence-electron chi connectivity index (χ1n) is 3.91. The summed E-state index contributed by atoms with van der Waals surface area (Å²) in [6, 6.07) is 9.02. The molecule has 13 heavy (non-hydrogen) atoms. The molecule has 1 rings (SSSR count). The third kappa shape index (κ3) is 2.60. The third-order valence-corrected chi connectivity index (χ3v) is 1.33. The Bertz CT molecular complexity index is 359. The maximum absolute atomic E-state index is 8.71. The van der Waals surface area contributed by atoms with Crippen molar-refractivity contribution in [1.29, 1.82) is 5.26 Å². The van der Waals surface area contributed by atoms with Gasteiger partial charge in [-0.2, -0.15) is 5.26 Å². The molecule has 0 unspecified atom stereocenters. The summed E-state index contributed by atoms with van der Waals surface area (Å²) < 4.78 is 0. The Morgan fingerprint density at radius 3 is 2.69 bits per heavy atom. The van der Waals surface area contributed by atoms with Gasteiger partial charge < -0.3 is 4.84 Å². The van der Waals surface area contributed by atoms with Crippen molar-refractivity contribution in [3.8, 4) is 11.8 Å². The fourth-order valence-corrected chi connectivity index (χ4v) is 0.779. The van der Waals surface area contributed by atoms with Crippen LogP contribution in [0.5, 0.6) is 5.75 Å². The molecule has 3 heteroatoms. The van der Waals surface area contributed by atoms with Crippen molar-refractivity contribution in [3.63, 3.8) is 0 Å². The molecule has 0 aliphatic rings. The van der Waals surface area contributed by atoms with E-state index >= 15 is 0 Å². The minimum atomic E-state index is 0.492. The van der Waals surface area contributed by atoms with Gasteiger partial charge in [0.15, 0.2) is 5.75 Å². The molecule has 0 N–H and O–H groups in total. The van der Waals surface area contributed by atoms with E-state index < -0.39 is 0 Å². The maximum Gasteiger partial charge on any atom is 0.175 e. The molecule has 1 aromatic carbocycles. The summed E-state index contributed by atoms with van der Waals surface area (Å²) >= 11 is 0. The van der Waals surface area contributed by atoms with Crippen LogP contribution >= 0.6 is 0 Å². The fraction of sp³-hybridized carbons (Fsp3) is 0.200. The largest absolute Gasteiger partial charge is 0.356 e. The molecule has 0 saturated heterocycles. The number of hydrogen-bond donors (Lipinski definition) is 0. The number of hydrogen-bond acceptors (Lipinski definition) is 3. The number of benzene rings is 1. The second kappa shape index (κ2) is 4.27. The van der Waals surface area contributed by atoms with E-state index in [-0.39, 0.29) is 0 Å². The van der Waals surface area contributed by atoms with E-state index in [0.717, 1.165) is 5.71 Å². The van der Waals surface area contributed by atoms with Gasteiger partial charge in [-0.3, -0.25) is 0 Å². The van der Waals surface area contributed by atoms with Gasteiger partial charge in [-0.25, -0.2) is 0 Å². The lowest BCUT2D eigenvalue weighted by Gasteiger charge is -1.99. The number of oxime groups is 1. The zero-order valence-corrected chi connectivity index (χ0v) is 7.61. The Kier molecular flexibility index (Phi) is 3.04. The molecule has 0 heterocycles. The van der Waals surface area contributed by atoms with Crippen LogP contribution in [0.25, 0.3) is 0 Å². The van der Waals surface area contributed by atoms with Gasteiger partial charge in [-0.15, -0.1) is 0 Å². The molecule has 0 radical (unpaired) electrons. The average Bonchev–Trinajstić information content (AvgIpc) is 2.15. The smallest absolute Gasteiger partial charge is 0.175 e. The predicted molar refractivity (Wildman–Crippen MR) is 50.6 cm³/mol. The van der Waals surface area contributed by atoms with Crippen LogP contribution in [0.4, 0.5) is 0 Å². The molecule has 1 aromatic rings. The molecule has 0 spiro atoms. The van der Waals surface area contributed by atoms with Gasteiger partial charge >= 0.3 is 0 Å². The number of rotatable bonds is 2. The monoisotopic (exact) mass is 174 g/mol. The molecule has 3 nitrogen and oxygen atoms in total. The number of nitrogens with zero attached hydrogens (tertiary/aromatic N) is 2. The fourth-order valence-electron chi connectivity index (χ4n) is 0.779. The van der Waals surface area contributed by atoms with Gasteiger partial charge in [0.05, 0.1) is 11.3 Å². The zero-order valence-electron chi connectivity index (χ0n) is 7.61. The highest BCUT2D eigenvalue weighted by Crippen LogP contribution is 2.16. The van der Waals surface area contributed by atoms with E-state index in [0.29, 0.717) is 11.3 Å². The van der Waals surface area contributed by atoms with Gasteiger partial charge in [-0.1, -0.05) is 17.3 Å². The Hall–Kier alpha value is -1.82. The minimum Gasteiger partial charge on any atom is -0.356 e. The van der Waals surface area contributed by atoms with Crippen LogP contribution in [0.2, 0.25) is 0 Å². The average molecular weight is 174 g/mol. The number of para-hydroxylation sites is 1. The summed E-state index contributed by atoms with van der Waals surface area (Å²) in [6.07, 6.45) is 0. The lowest BCUT2D eigenvalue weighted by atomic mass is 10.2. The predicted octanol–water partition coefficient (Wildman–Crippen LogP) is 2.33. The minimum absolute atomic E-state index is 0.492. The Morgan fingerprint density at radius 1 is 1.38 bits per heavy atom. The van der Waals surface area contributed by atoms with Gasteiger partial charge in [0.2, 0.25) is 0 Å². The van der Waals surface area contributed by atoms with Gasteiger partial charge in [0.25, 0.3) is 0 Å². The van der Waals surface area contributed by atoms with Crippen LogP contribution < -0.4 is 4.84 Å². The van der Waals surface area contributed by atoms with Crippen LogP contribution in [-0.4, -0.2) is 5.71 Å². The lowest BCUT2D eigenvalue weighted by Crippen LogP contribution is -1.91. The van der Waals surface area contributed by atoms with E-state index in [2.05, 4.69) is 5.16 Å². The van der Waals surface area contributed by atoms with Crippen LogP contribution in [0.15, 0.2) is 29.4 Å². The van der Waals surface area contributed by atoms with Crippen molar-refractivity contribution < 1.29 is 4.84 Å². The van der Waals surface area contributed by atoms with Crippen molar-refractivity contribution in [2.75, 3.05) is 0 Å². The summed E-state index contributed by atoms with van der Waals surface area (Å²) in [5.41, 5.74) is 1.31. The molecule has 0 amide bonds. The second-order valence-electron chi connectivity index (χ2n) is 2.74. The lowest BCUT2D eigenvalue weighted by molar-refractivity contribution is 0.339. The van der Waals surface area contributed by atoms with Gasteiger partial charge in [-0.05, 0) is 26.0 Å². The van der Waals surface area contributed by atoms with Crippen molar-refractivity contribution in [1.82, 2.24) is 0 Å². The molecule has 0 atom stereocenters. The molecule has 0 bridgehead atoms. The summed E-state index contributed by atoms with van der Waals surface area (Å²) in [4.78, 5) is 5.05. The van der Waals surface area contributed by atoms with Gasteiger partial charge in [0.1, 0.15) is 6.07 Å². The first-order valence-corrected chi connectivity index (χ1v) is 3.91. The molecule has 0 aliphatic carbocycles. The summed E-state index contributed by atoms with van der Waals surface area (Å²) in [6.45, 7) is 3.66. The third-order valence-electron chi connectivity index (χ3n) is 1.33. The molecular formula is C10H10N2O. The highest BCUT2D eigenvalue weighted by atomic mass is 16.6. The standard InChI is InChI=1S/C10H10N2O/c1-8(2)12-13-10-6-4-3-5-9(10)7-11/h3-6H,1-2H3. The molecule has 66 valence electrons. The van der Waals surface area contributed by atoms with Crippen molar-refractivity contribution in [3.05, 3.63) is 29.8 Å². The van der Waals surface area contributed by atoms with Crippen molar-refractivity contribution >= 4 is 5.71 Å². The molecule has 0 aliphatic heterocycles. The Labute approximate surface area is 77.2 Å². The summed E-state index contributed by atoms with van der Waals surface area (Å²) in [7, 11) is 0. The van der Waals surface area contributed by atoms with E-state index in [4.69, 9.17) is 10.1 Å². The van der Waals surface area contributed by atoms with E-state index in [1.807, 2.05) is 19.9 Å². The molecule has 0 fully saturated rings.